The quantitative estimate of drug-likeness (QED) is 0.0298. The van der Waals surface area contributed by atoms with Crippen LogP contribution in [0.4, 0.5) is 35.1 Å². The van der Waals surface area contributed by atoms with Crippen LogP contribution in [0.5, 0.6) is 23.0 Å². The van der Waals surface area contributed by atoms with Crippen LogP contribution in [0, 0.1) is 6.92 Å². The standard InChI is InChI=1S/C27H22N4O5S.C23H21N5O4S.C23H20N4O4S.C22H19N5O4S/c1-36-18-10-7-16-12-31(24(33)20(16)11-18)14-27(25(34)29-26(35)30-27)17-8-5-15(6-9-17)19-3-2-4-21-23(19)37-13-22(32)28-21;1-24-22-25-18(11-33-22)13-3-6-15(7-4-13)23(20(30)26-21(31)27-23)12-28-10-14-5-8-16(32-2)9-17(14)19(28)29;1-13-24-19(11-32-13)14-3-6-16(7-4-14)23(21(29)25-22(30)26-23)12-27-10-15-5-8-17(31-2)9-18(15)20(27)28;1-31-15-7-4-13-9-27(18(28)16(13)8-15)11-22(19(29)25-21(30)26-22)14-5-2-12(3-6-14)17-10-32-20(23)24-17/h2-11H,12-14H2,1H3,(H,28,32)(H2,29,30,34,35);3-9,11H,10,12H2,1-2H3,(H,24,25)(H2,26,27,30,31);3-9,11H,10,12H2,1-2H3,(H2,25,26,29,30);2-8,10H,9,11H2,1H3,(H2,23,24)(H2,25,26,29,30)/t27-;2*23-;22-/m0000/s1. The molecule has 4 saturated heterocycles. The molecule has 12 aromatic rings. The van der Waals surface area contributed by atoms with Gasteiger partial charge in [0.15, 0.2) is 32.4 Å². The fourth-order valence-corrected chi connectivity index (χ4v) is 20.4. The number of urea groups is 4. The number of aromatic nitrogens is 3. The molecule has 9 aliphatic rings. The van der Waals surface area contributed by atoms with E-state index in [1.54, 1.807) is 142 Å². The first-order valence-electron chi connectivity index (χ1n) is 41.7. The summed E-state index contributed by atoms with van der Waals surface area (Å²) in [6.07, 6.45) is 0. The number of methoxy groups -OCH3 is 4. The van der Waals surface area contributed by atoms with Gasteiger partial charge in [0.25, 0.3) is 47.3 Å². The zero-order valence-electron chi connectivity index (χ0n) is 72.3. The number of aryl methyl sites for hydroxylation is 1. The predicted octanol–water partition coefficient (Wildman–Crippen LogP) is 10.6. The lowest BCUT2D eigenvalue weighted by Gasteiger charge is -2.31. The van der Waals surface area contributed by atoms with Gasteiger partial charge in [0.05, 0.1) is 88.1 Å². The average molecular weight is 1880 g/mol. The van der Waals surface area contributed by atoms with Crippen molar-refractivity contribution in [2.45, 2.75) is 60.2 Å². The zero-order chi connectivity index (χ0) is 93.8. The molecule has 4 fully saturated rings. The van der Waals surface area contributed by atoms with Crippen LogP contribution in [0.2, 0.25) is 0 Å². The fraction of sp³-hybridized carbons (Fsp3) is 0.200. The first kappa shape index (κ1) is 88.8. The molecule has 0 spiro atoms. The number of imide groups is 4. The van der Waals surface area contributed by atoms with E-state index in [1.807, 2.05) is 121 Å². The molecule has 0 radical (unpaired) electrons. The van der Waals surface area contributed by atoms with Gasteiger partial charge in [-0.2, -0.15) is 0 Å². The molecule has 21 rings (SSSR count). The van der Waals surface area contributed by atoms with Crippen LogP contribution in [0.25, 0.3) is 44.9 Å². The number of hydrogen-bond donors (Lipinski definition) is 11. The van der Waals surface area contributed by atoms with Crippen molar-refractivity contribution in [3.8, 4) is 67.9 Å². The van der Waals surface area contributed by atoms with Crippen molar-refractivity contribution in [2.24, 2.45) is 0 Å². The number of thiazole rings is 3. The molecule has 0 bridgehead atoms. The van der Waals surface area contributed by atoms with Crippen LogP contribution >= 0.6 is 45.8 Å². The van der Waals surface area contributed by atoms with Gasteiger partial charge in [0.1, 0.15) is 23.0 Å². The minimum Gasteiger partial charge on any atom is -0.497 e. The number of nitrogens with two attached hydrogens (primary N) is 1. The Bertz CT molecular complexity index is 6700. The second-order valence-electron chi connectivity index (χ2n) is 32.4. The van der Waals surface area contributed by atoms with E-state index in [1.165, 1.54) is 48.7 Å². The Hall–Kier alpha value is -15.9. The Balaban J connectivity index is 0.000000120. The summed E-state index contributed by atoms with van der Waals surface area (Å²) in [5.41, 5.74) is 15.6. The number of benzene rings is 9. The number of thioether (sulfide) groups is 1. The number of rotatable bonds is 21. The third kappa shape index (κ3) is 16.6. The van der Waals surface area contributed by atoms with Crippen molar-refractivity contribution in [3.63, 3.8) is 0 Å². The molecule has 9 aromatic carbocycles. The number of anilines is 3. The highest BCUT2D eigenvalue weighted by Gasteiger charge is 2.55. The average Bonchev–Trinajstić information content (AvgIpc) is 1.61. The number of nitrogens with one attached hydrogen (secondary N) is 10. The summed E-state index contributed by atoms with van der Waals surface area (Å²) in [7, 11) is 7.97. The molecule has 678 valence electrons. The summed E-state index contributed by atoms with van der Waals surface area (Å²) in [6, 6.07) is 53.8. The number of carbonyl (C=O) groups excluding carboxylic acids is 13. The smallest absolute Gasteiger partial charge is 0.322 e. The summed E-state index contributed by atoms with van der Waals surface area (Å²) in [5.74, 6) is -0.218. The number of hydrogen-bond acceptors (Lipinski definition) is 26. The highest BCUT2D eigenvalue weighted by molar-refractivity contribution is 8.00. The third-order valence-electron chi connectivity index (χ3n) is 24.5. The minimum atomic E-state index is -1.43. The van der Waals surface area contributed by atoms with Gasteiger partial charge in [0, 0.05) is 93.2 Å². The van der Waals surface area contributed by atoms with Crippen LogP contribution in [0.15, 0.2) is 209 Å². The number of carbonyl (C=O) groups is 13. The second-order valence-corrected chi connectivity index (χ2v) is 36.2. The minimum absolute atomic E-state index is 0.000350. The molecule has 3 aromatic heterocycles. The van der Waals surface area contributed by atoms with Crippen LogP contribution in [-0.4, -0.2) is 179 Å². The molecular weight excluding hydrogens is 1790 g/mol. The monoisotopic (exact) mass is 1870 g/mol. The maximum atomic E-state index is 13.2. The number of ether oxygens (including phenoxy) is 4. The van der Waals surface area contributed by atoms with Crippen molar-refractivity contribution in [1.82, 2.24) is 77.1 Å². The van der Waals surface area contributed by atoms with E-state index in [-0.39, 0.29) is 55.7 Å². The van der Waals surface area contributed by atoms with Crippen molar-refractivity contribution >= 4 is 139 Å². The van der Waals surface area contributed by atoms with Gasteiger partial charge < -0.3 is 76.2 Å². The van der Waals surface area contributed by atoms with Gasteiger partial charge in [-0.1, -0.05) is 133 Å². The Morgan fingerprint density at radius 2 is 0.694 bits per heavy atom. The van der Waals surface area contributed by atoms with Crippen molar-refractivity contribution in [1.29, 1.82) is 0 Å². The number of nitrogens with zero attached hydrogens (tertiary/aromatic N) is 7. The largest absolute Gasteiger partial charge is 0.497 e. The first-order valence-corrected chi connectivity index (χ1v) is 45.4. The van der Waals surface area contributed by atoms with Gasteiger partial charge >= 0.3 is 24.1 Å². The van der Waals surface area contributed by atoms with Gasteiger partial charge in [-0.3, -0.25) is 64.4 Å². The second kappa shape index (κ2) is 35.8. The maximum absolute atomic E-state index is 13.2. The summed E-state index contributed by atoms with van der Waals surface area (Å²) in [5, 5.41) is 34.2. The Labute approximate surface area is 780 Å². The summed E-state index contributed by atoms with van der Waals surface area (Å²) in [6.45, 7) is 3.25. The fourth-order valence-electron chi connectivity index (χ4n) is 17.6. The molecule has 12 heterocycles. The molecule has 17 amide bonds. The van der Waals surface area contributed by atoms with E-state index in [0.717, 1.165) is 87.9 Å². The summed E-state index contributed by atoms with van der Waals surface area (Å²) in [4.78, 5) is 185. The molecule has 9 aliphatic heterocycles. The molecule has 4 atom stereocenters. The number of nitrogen functional groups attached to an aromatic ring is 1. The highest BCUT2D eigenvalue weighted by Crippen LogP contribution is 2.44. The molecule has 0 unspecified atom stereocenters. The van der Waals surface area contributed by atoms with E-state index in [9.17, 15) is 62.3 Å². The van der Waals surface area contributed by atoms with E-state index >= 15 is 0 Å². The normalized spacial score (nSPS) is 19.7. The van der Waals surface area contributed by atoms with Crippen molar-refractivity contribution in [3.05, 3.63) is 276 Å². The van der Waals surface area contributed by atoms with E-state index < -0.39 is 69.9 Å². The molecule has 134 heavy (non-hydrogen) atoms. The molecule has 0 saturated carbocycles. The lowest BCUT2D eigenvalue weighted by molar-refractivity contribution is -0.125. The molecule has 0 aliphatic carbocycles. The van der Waals surface area contributed by atoms with Crippen LogP contribution in [0.1, 0.15) is 90.9 Å². The third-order valence-corrected chi connectivity index (χ3v) is 27.9. The SMILES string of the molecule is CNc1nc(-c2ccc([C@]3(CN4Cc5ccc(OC)cc5C4=O)NC(=O)NC3=O)cc2)cs1.COc1ccc2c(c1)C(=O)N(C[C@@]1(c3ccc(-c4cccc5c4SCC(=O)N5)cc3)NC(=O)NC1=O)C2.COc1ccc2c(c1)C(=O)N(C[C@@]1(c3ccc(-c4csc(C)n4)cc3)NC(=O)NC1=O)C2.COc1ccc2c(c1)C(=O)N(C[C@@]1(c3ccc(-c4csc(N)n4)cc3)NC(=O)NC1=O)C2. The topological polar surface area (TPSA) is 457 Å². The number of fused-ring (bicyclic) bond motifs is 5. The predicted molar refractivity (Wildman–Crippen MR) is 497 cm³/mol. The van der Waals surface area contributed by atoms with E-state index in [2.05, 4.69) is 68.1 Å². The summed E-state index contributed by atoms with van der Waals surface area (Å²) >= 11 is 5.88. The van der Waals surface area contributed by atoms with E-state index in [0.29, 0.717) is 105 Å². The lowest BCUT2D eigenvalue weighted by atomic mass is 9.88. The molecule has 39 heteroatoms. The van der Waals surface area contributed by atoms with Crippen LogP contribution < -0.4 is 77.8 Å². The molecule has 12 N–H and O–H groups in total. The van der Waals surface area contributed by atoms with Gasteiger partial charge in [-0.05, 0) is 117 Å². The Kier molecular flexibility index (Phi) is 23.7. The first-order chi connectivity index (χ1) is 64.6. The van der Waals surface area contributed by atoms with Crippen LogP contribution in [-0.2, 0) is 72.3 Å². The number of amides is 17. The zero-order valence-corrected chi connectivity index (χ0v) is 75.5. The van der Waals surface area contributed by atoms with E-state index in [4.69, 9.17) is 24.7 Å². The lowest BCUT2D eigenvalue weighted by Crippen LogP contribution is -2.52. The molecular formula is C95H82N18O17S4. The Morgan fingerprint density at radius 3 is 0.985 bits per heavy atom. The highest BCUT2D eigenvalue weighted by atomic mass is 32.2. The van der Waals surface area contributed by atoms with Crippen molar-refractivity contribution < 1.29 is 81.3 Å². The van der Waals surface area contributed by atoms with Crippen molar-refractivity contribution in [2.75, 3.05) is 83.8 Å². The van der Waals surface area contributed by atoms with Crippen LogP contribution in [0.3, 0.4) is 0 Å². The van der Waals surface area contributed by atoms with Gasteiger partial charge in [-0.25, -0.2) is 34.1 Å². The summed E-state index contributed by atoms with van der Waals surface area (Å²) < 4.78 is 20.9. The Morgan fingerprint density at radius 1 is 0.373 bits per heavy atom. The maximum Gasteiger partial charge on any atom is 0.322 e. The van der Waals surface area contributed by atoms with Gasteiger partial charge in [-0.15, -0.1) is 45.8 Å². The van der Waals surface area contributed by atoms with Gasteiger partial charge in [0.2, 0.25) is 5.91 Å². The molecule has 35 nitrogen and oxygen atoms in total.